The molecule has 0 spiro atoms. The highest BCUT2D eigenvalue weighted by Crippen LogP contribution is 2.24. The van der Waals surface area contributed by atoms with Crippen LogP contribution in [-0.2, 0) is 4.74 Å². The molecule has 1 aromatic rings. The summed E-state index contributed by atoms with van der Waals surface area (Å²) in [5.74, 6) is 1.95. The molecule has 15 heavy (non-hydrogen) atoms. The summed E-state index contributed by atoms with van der Waals surface area (Å²) in [7, 11) is 1.30. The average Bonchev–Trinajstić information content (AvgIpc) is 2.27. The maximum absolute atomic E-state index is 11.2. The van der Waals surface area contributed by atoms with Gasteiger partial charge in [0.1, 0.15) is 5.75 Å². The van der Waals surface area contributed by atoms with Crippen LogP contribution in [0.4, 0.5) is 5.69 Å². The molecule has 2 N–H and O–H groups in total. The number of methoxy groups -OCH3 is 1. The van der Waals surface area contributed by atoms with E-state index >= 15 is 0 Å². The zero-order chi connectivity index (χ0) is 11.3. The minimum Gasteiger partial charge on any atom is -0.506 e. The van der Waals surface area contributed by atoms with Crippen LogP contribution >= 0.6 is 0 Å². The molecule has 4 heteroatoms. The predicted molar refractivity (Wildman–Crippen MR) is 56.8 cm³/mol. The van der Waals surface area contributed by atoms with Gasteiger partial charge < -0.3 is 15.2 Å². The smallest absolute Gasteiger partial charge is 0.337 e. The molecule has 0 fully saturated rings. The summed E-state index contributed by atoms with van der Waals surface area (Å²) in [5.41, 5.74) is 0.769. The van der Waals surface area contributed by atoms with E-state index in [2.05, 4.69) is 16.0 Å². The van der Waals surface area contributed by atoms with Gasteiger partial charge in [-0.25, -0.2) is 4.79 Å². The normalized spacial score (nSPS) is 9.07. The number of carbonyl (C=O) groups excluding carboxylic acids is 1. The standard InChI is InChI=1S/C11H11NO3/c1-3-6-12-9-7-8(11(14)15-2)4-5-10(9)13/h1,4-5,7,12-13H,6H2,2H3. The number of phenols is 1. The molecule has 0 saturated carbocycles. The molecule has 78 valence electrons. The number of carbonyl (C=O) groups is 1. The Morgan fingerprint density at radius 1 is 1.67 bits per heavy atom. The fourth-order valence-electron chi connectivity index (χ4n) is 1.07. The van der Waals surface area contributed by atoms with E-state index in [0.29, 0.717) is 11.3 Å². The molecule has 0 saturated heterocycles. The van der Waals surface area contributed by atoms with Crippen molar-refractivity contribution in [2.24, 2.45) is 0 Å². The van der Waals surface area contributed by atoms with Gasteiger partial charge in [-0.1, -0.05) is 5.92 Å². The van der Waals surface area contributed by atoms with Gasteiger partial charge >= 0.3 is 5.97 Å². The van der Waals surface area contributed by atoms with Gasteiger partial charge in [0.2, 0.25) is 0 Å². The molecule has 0 bridgehead atoms. The molecule has 0 aromatic heterocycles. The minimum atomic E-state index is -0.459. The Labute approximate surface area is 87.9 Å². The SMILES string of the molecule is C#CCNc1cc(C(=O)OC)ccc1O. The van der Waals surface area contributed by atoms with Gasteiger partial charge in [-0.3, -0.25) is 0 Å². The van der Waals surface area contributed by atoms with E-state index in [9.17, 15) is 9.90 Å². The van der Waals surface area contributed by atoms with Crippen LogP contribution in [-0.4, -0.2) is 24.7 Å². The summed E-state index contributed by atoms with van der Waals surface area (Å²) in [4.78, 5) is 11.2. The molecule has 0 unspecified atom stereocenters. The lowest BCUT2D eigenvalue weighted by Gasteiger charge is -2.07. The molecular weight excluding hydrogens is 194 g/mol. The summed E-state index contributed by atoms with van der Waals surface area (Å²) in [6.45, 7) is 0.276. The number of phenolic OH excluding ortho intramolecular Hbond substituents is 1. The van der Waals surface area contributed by atoms with Crippen LogP contribution in [0.25, 0.3) is 0 Å². The first-order valence-electron chi connectivity index (χ1n) is 4.27. The van der Waals surface area contributed by atoms with Crippen LogP contribution in [0.15, 0.2) is 18.2 Å². The van der Waals surface area contributed by atoms with Crippen molar-refractivity contribution in [3.63, 3.8) is 0 Å². The van der Waals surface area contributed by atoms with E-state index < -0.39 is 5.97 Å². The lowest BCUT2D eigenvalue weighted by Crippen LogP contribution is -2.04. The van der Waals surface area contributed by atoms with Crippen LogP contribution in [0, 0.1) is 12.3 Å². The second kappa shape index (κ2) is 4.91. The number of anilines is 1. The van der Waals surface area contributed by atoms with Crippen molar-refractivity contribution in [1.82, 2.24) is 0 Å². The molecule has 0 heterocycles. The summed E-state index contributed by atoms with van der Waals surface area (Å²) in [5, 5.41) is 12.2. The second-order valence-electron chi connectivity index (χ2n) is 2.78. The molecule has 0 amide bonds. The van der Waals surface area contributed by atoms with E-state index in [1.54, 1.807) is 0 Å². The van der Waals surface area contributed by atoms with Gasteiger partial charge in [-0.2, -0.15) is 0 Å². The number of esters is 1. The molecule has 1 aromatic carbocycles. The van der Waals surface area contributed by atoms with Crippen molar-refractivity contribution in [2.75, 3.05) is 19.0 Å². The van der Waals surface area contributed by atoms with Gasteiger partial charge in [0.15, 0.2) is 0 Å². The Hall–Kier alpha value is -2.15. The fraction of sp³-hybridized carbons (Fsp3) is 0.182. The van der Waals surface area contributed by atoms with Crippen LogP contribution in [0.1, 0.15) is 10.4 Å². The monoisotopic (exact) mass is 205 g/mol. The third kappa shape index (κ3) is 2.64. The Kier molecular flexibility index (Phi) is 3.58. The quantitative estimate of drug-likeness (QED) is 0.442. The highest BCUT2D eigenvalue weighted by molar-refractivity contribution is 5.91. The first kappa shape index (κ1) is 10.9. The van der Waals surface area contributed by atoms with E-state index in [-0.39, 0.29) is 12.3 Å². The molecule has 0 atom stereocenters. The number of hydrogen-bond donors (Lipinski definition) is 2. The van der Waals surface area contributed by atoms with Gasteiger partial charge in [0.05, 0.1) is 24.9 Å². The van der Waals surface area contributed by atoms with E-state index in [1.807, 2.05) is 0 Å². The first-order valence-corrected chi connectivity index (χ1v) is 4.27. The number of aromatic hydroxyl groups is 1. The third-order valence-corrected chi connectivity index (χ3v) is 1.80. The average molecular weight is 205 g/mol. The van der Waals surface area contributed by atoms with Crippen LogP contribution in [0.5, 0.6) is 5.75 Å². The van der Waals surface area contributed by atoms with Gasteiger partial charge in [-0.05, 0) is 18.2 Å². The van der Waals surface area contributed by atoms with Crippen molar-refractivity contribution in [3.8, 4) is 18.1 Å². The van der Waals surface area contributed by atoms with E-state index in [1.165, 1.54) is 25.3 Å². The van der Waals surface area contributed by atoms with Crippen molar-refractivity contribution >= 4 is 11.7 Å². The highest BCUT2D eigenvalue weighted by atomic mass is 16.5. The largest absolute Gasteiger partial charge is 0.506 e. The second-order valence-corrected chi connectivity index (χ2v) is 2.78. The molecular formula is C11H11NO3. The van der Waals surface area contributed by atoms with Crippen molar-refractivity contribution < 1.29 is 14.6 Å². The van der Waals surface area contributed by atoms with Crippen molar-refractivity contribution in [3.05, 3.63) is 23.8 Å². The Morgan fingerprint density at radius 2 is 2.40 bits per heavy atom. The number of terminal acetylenes is 1. The van der Waals surface area contributed by atoms with Gasteiger partial charge in [-0.15, -0.1) is 6.42 Å². The Bertz CT molecular complexity index is 407. The molecule has 4 nitrogen and oxygen atoms in total. The topological polar surface area (TPSA) is 58.6 Å². The van der Waals surface area contributed by atoms with Crippen molar-refractivity contribution in [1.29, 1.82) is 0 Å². The zero-order valence-corrected chi connectivity index (χ0v) is 8.28. The van der Waals surface area contributed by atoms with E-state index in [4.69, 9.17) is 6.42 Å². The van der Waals surface area contributed by atoms with Crippen molar-refractivity contribution in [2.45, 2.75) is 0 Å². The molecule has 0 radical (unpaired) electrons. The Balaban J connectivity index is 2.95. The lowest BCUT2D eigenvalue weighted by molar-refractivity contribution is 0.0601. The first-order chi connectivity index (χ1) is 7.19. The highest BCUT2D eigenvalue weighted by Gasteiger charge is 2.08. The fourth-order valence-corrected chi connectivity index (χ4v) is 1.07. The van der Waals surface area contributed by atoms with Gasteiger partial charge in [0.25, 0.3) is 0 Å². The van der Waals surface area contributed by atoms with E-state index in [0.717, 1.165) is 0 Å². The number of nitrogens with one attached hydrogen (secondary N) is 1. The summed E-state index contributed by atoms with van der Waals surface area (Å²) >= 11 is 0. The number of benzene rings is 1. The molecule has 0 aliphatic heterocycles. The van der Waals surface area contributed by atoms with Crippen LogP contribution < -0.4 is 5.32 Å². The molecule has 1 rings (SSSR count). The third-order valence-electron chi connectivity index (χ3n) is 1.80. The summed E-state index contributed by atoms with van der Waals surface area (Å²) in [6.07, 6.45) is 5.06. The lowest BCUT2D eigenvalue weighted by atomic mass is 10.2. The number of rotatable bonds is 3. The minimum absolute atomic E-state index is 0.0397. The maximum Gasteiger partial charge on any atom is 0.337 e. The van der Waals surface area contributed by atoms with Crippen LogP contribution in [0.3, 0.4) is 0 Å². The van der Waals surface area contributed by atoms with Crippen LogP contribution in [0.2, 0.25) is 0 Å². The maximum atomic E-state index is 11.2. The van der Waals surface area contributed by atoms with Gasteiger partial charge in [0, 0.05) is 0 Å². The Morgan fingerprint density at radius 3 is 3.00 bits per heavy atom. The zero-order valence-electron chi connectivity index (χ0n) is 8.28. The summed E-state index contributed by atoms with van der Waals surface area (Å²) < 4.78 is 4.55. The number of hydrogen-bond acceptors (Lipinski definition) is 4. The summed E-state index contributed by atoms with van der Waals surface area (Å²) in [6, 6.07) is 4.37. The predicted octanol–water partition coefficient (Wildman–Crippen LogP) is 1.22. The molecule has 0 aliphatic carbocycles. The number of ether oxygens (including phenoxy) is 1. The molecule has 0 aliphatic rings.